The van der Waals surface area contributed by atoms with Gasteiger partial charge in [0, 0.05) is 29.4 Å². The Balaban J connectivity index is 2.24. The van der Waals surface area contributed by atoms with Gasteiger partial charge >= 0.3 is 6.18 Å². The van der Waals surface area contributed by atoms with E-state index in [1.165, 1.54) is 12.1 Å². The van der Waals surface area contributed by atoms with Gasteiger partial charge in [0.1, 0.15) is 0 Å². The molecule has 0 saturated carbocycles. The van der Waals surface area contributed by atoms with Gasteiger partial charge in [-0.15, -0.1) is 0 Å². The molecular formula is C12H11ClF3NO. The maximum absolute atomic E-state index is 12.6. The van der Waals surface area contributed by atoms with Gasteiger partial charge in [-0.2, -0.15) is 13.2 Å². The highest BCUT2D eigenvalue weighted by Crippen LogP contribution is 2.36. The van der Waals surface area contributed by atoms with E-state index in [9.17, 15) is 18.0 Å². The second-order valence-electron chi connectivity index (χ2n) is 4.29. The minimum atomic E-state index is -4.19. The fourth-order valence-electron chi connectivity index (χ4n) is 2.14. The second-order valence-corrected chi connectivity index (χ2v) is 4.73. The molecule has 1 unspecified atom stereocenters. The summed E-state index contributed by atoms with van der Waals surface area (Å²) in [4.78, 5) is 12.4. The molecule has 1 atom stereocenters. The molecule has 0 bridgehead atoms. The van der Waals surface area contributed by atoms with Gasteiger partial charge in [0.25, 0.3) is 0 Å². The van der Waals surface area contributed by atoms with Crippen LogP contribution in [0.4, 0.5) is 18.9 Å². The van der Waals surface area contributed by atoms with Gasteiger partial charge in [-0.1, -0.05) is 11.6 Å². The zero-order valence-electron chi connectivity index (χ0n) is 9.38. The lowest BCUT2D eigenvalue weighted by atomic mass is 10.1. The second kappa shape index (κ2) is 4.80. The van der Waals surface area contributed by atoms with Crippen LogP contribution < -0.4 is 4.90 Å². The Labute approximate surface area is 107 Å². The van der Waals surface area contributed by atoms with Crippen LogP contribution in [0.3, 0.4) is 0 Å². The highest BCUT2D eigenvalue weighted by atomic mass is 35.5. The molecule has 1 aromatic carbocycles. The first-order chi connectivity index (χ1) is 8.41. The van der Waals surface area contributed by atoms with Crippen LogP contribution in [-0.4, -0.2) is 25.6 Å². The van der Waals surface area contributed by atoms with Crippen molar-refractivity contribution in [2.75, 3.05) is 18.0 Å². The molecule has 0 N–H and O–H groups in total. The summed E-state index contributed by atoms with van der Waals surface area (Å²) in [5.74, 6) is -1.34. The topological polar surface area (TPSA) is 20.3 Å². The Hall–Kier alpha value is -1.23. The minimum Gasteiger partial charge on any atom is -0.370 e. The normalized spacial score (nSPS) is 20.2. The molecule has 2 rings (SSSR count). The standard InChI is InChI=1S/C12H11ClF3NO/c13-10-2-1-8(7-18)11(5-10)17-4-3-9(6-17)12(14,15)16/h1-2,5,7,9H,3-4,6H2. The Morgan fingerprint density at radius 1 is 1.39 bits per heavy atom. The highest BCUT2D eigenvalue weighted by Gasteiger charge is 2.43. The van der Waals surface area contributed by atoms with Gasteiger partial charge in [-0.3, -0.25) is 4.79 Å². The van der Waals surface area contributed by atoms with Crippen LogP contribution in [0.25, 0.3) is 0 Å². The molecule has 1 saturated heterocycles. The number of hydrogen-bond acceptors (Lipinski definition) is 2. The number of hydrogen-bond donors (Lipinski definition) is 0. The molecule has 1 heterocycles. The van der Waals surface area contributed by atoms with Crippen LogP contribution in [-0.2, 0) is 0 Å². The van der Waals surface area contributed by atoms with Crippen molar-refractivity contribution in [1.29, 1.82) is 0 Å². The SMILES string of the molecule is O=Cc1ccc(Cl)cc1N1CCC(C(F)(F)F)C1. The highest BCUT2D eigenvalue weighted by molar-refractivity contribution is 6.31. The maximum atomic E-state index is 12.6. The van der Waals surface area contributed by atoms with E-state index in [1.807, 2.05) is 0 Å². The summed E-state index contributed by atoms with van der Waals surface area (Å²) in [7, 11) is 0. The predicted molar refractivity (Wildman–Crippen MR) is 63.2 cm³/mol. The van der Waals surface area contributed by atoms with Crippen molar-refractivity contribution in [3.8, 4) is 0 Å². The molecule has 1 aliphatic rings. The van der Waals surface area contributed by atoms with Crippen LogP contribution >= 0.6 is 11.6 Å². The molecular weight excluding hydrogens is 267 g/mol. The van der Waals surface area contributed by atoms with Crippen molar-refractivity contribution in [3.63, 3.8) is 0 Å². The third-order valence-electron chi connectivity index (χ3n) is 3.11. The van der Waals surface area contributed by atoms with Crippen LogP contribution in [0.1, 0.15) is 16.8 Å². The average Bonchev–Trinajstić information content (AvgIpc) is 2.77. The van der Waals surface area contributed by atoms with Crippen molar-refractivity contribution in [2.45, 2.75) is 12.6 Å². The van der Waals surface area contributed by atoms with Gasteiger partial charge in [0.2, 0.25) is 0 Å². The molecule has 18 heavy (non-hydrogen) atoms. The molecule has 0 spiro atoms. The summed E-state index contributed by atoms with van der Waals surface area (Å²) in [5.41, 5.74) is 0.839. The summed E-state index contributed by atoms with van der Waals surface area (Å²) in [5, 5.41) is 0.408. The van der Waals surface area contributed by atoms with Gasteiger partial charge in [-0.25, -0.2) is 0 Å². The number of carbonyl (C=O) groups is 1. The quantitative estimate of drug-likeness (QED) is 0.771. The van der Waals surface area contributed by atoms with Crippen LogP contribution in [0, 0.1) is 5.92 Å². The summed E-state index contributed by atoms with van der Waals surface area (Å²) in [6.07, 6.45) is -3.50. The Morgan fingerprint density at radius 3 is 2.67 bits per heavy atom. The van der Waals surface area contributed by atoms with E-state index in [1.54, 1.807) is 11.0 Å². The van der Waals surface area contributed by atoms with Crippen LogP contribution in [0.2, 0.25) is 5.02 Å². The molecule has 1 aliphatic heterocycles. The van der Waals surface area contributed by atoms with E-state index in [4.69, 9.17) is 11.6 Å². The van der Waals surface area contributed by atoms with E-state index in [-0.39, 0.29) is 19.5 Å². The van der Waals surface area contributed by atoms with Gasteiger partial charge in [0.05, 0.1) is 5.92 Å². The number of anilines is 1. The molecule has 0 aliphatic carbocycles. The fraction of sp³-hybridized carbons (Fsp3) is 0.417. The number of carbonyl (C=O) groups excluding carboxylic acids is 1. The molecule has 6 heteroatoms. The summed E-state index contributed by atoms with van der Waals surface area (Å²) >= 11 is 5.81. The summed E-state index contributed by atoms with van der Waals surface area (Å²) in [6, 6.07) is 4.60. The first kappa shape index (κ1) is 13.2. The minimum absolute atomic E-state index is 0.0499. The largest absolute Gasteiger partial charge is 0.393 e. The van der Waals surface area contributed by atoms with Crippen molar-refractivity contribution >= 4 is 23.6 Å². The molecule has 0 aromatic heterocycles. The van der Waals surface area contributed by atoms with Gasteiger partial charge in [-0.05, 0) is 24.6 Å². The van der Waals surface area contributed by atoms with Crippen molar-refractivity contribution < 1.29 is 18.0 Å². The maximum Gasteiger partial charge on any atom is 0.393 e. The smallest absolute Gasteiger partial charge is 0.370 e. The third kappa shape index (κ3) is 2.61. The average molecular weight is 278 g/mol. The molecule has 0 radical (unpaired) electrons. The molecule has 0 amide bonds. The predicted octanol–water partition coefficient (Wildman–Crippen LogP) is 3.54. The van der Waals surface area contributed by atoms with E-state index in [0.717, 1.165) is 0 Å². The first-order valence-corrected chi connectivity index (χ1v) is 5.86. The lowest BCUT2D eigenvalue weighted by Crippen LogP contribution is -2.27. The van der Waals surface area contributed by atoms with Crippen molar-refractivity contribution in [2.24, 2.45) is 5.92 Å². The number of nitrogens with zero attached hydrogens (tertiary/aromatic N) is 1. The summed E-state index contributed by atoms with van der Waals surface area (Å²) < 4.78 is 37.8. The monoisotopic (exact) mass is 277 g/mol. The number of aldehydes is 1. The number of alkyl halides is 3. The van der Waals surface area contributed by atoms with E-state index >= 15 is 0 Å². The number of rotatable bonds is 2. The zero-order valence-corrected chi connectivity index (χ0v) is 10.1. The molecule has 1 fully saturated rings. The molecule has 98 valence electrons. The van der Waals surface area contributed by atoms with Gasteiger partial charge < -0.3 is 4.90 Å². The first-order valence-electron chi connectivity index (χ1n) is 5.48. The van der Waals surface area contributed by atoms with Crippen LogP contribution in [0.5, 0.6) is 0 Å². The Bertz CT molecular complexity index is 461. The number of benzene rings is 1. The fourth-order valence-corrected chi connectivity index (χ4v) is 2.30. The van der Waals surface area contributed by atoms with E-state index < -0.39 is 12.1 Å². The van der Waals surface area contributed by atoms with Crippen molar-refractivity contribution in [3.05, 3.63) is 28.8 Å². The van der Waals surface area contributed by atoms with Crippen molar-refractivity contribution in [1.82, 2.24) is 0 Å². The van der Waals surface area contributed by atoms with Gasteiger partial charge in [0.15, 0.2) is 6.29 Å². The Kier molecular flexibility index (Phi) is 3.52. The zero-order chi connectivity index (χ0) is 13.3. The summed E-state index contributed by atoms with van der Waals surface area (Å²) in [6.45, 7) is 0.163. The van der Waals surface area contributed by atoms with E-state index in [2.05, 4.69) is 0 Å². The number of halogens is 4. The third-order valence-corrected chi connectivity index (χ3v) is 3.35. The molecule has 2 nitrogen and oxygen atoms in total. The van der Waals surface area contributed by atoms with E-state index in [0.29, 0.717) is 22.6 Å². The lowest BCUT2D eigenvalue weighted by molar-refractivity contribution is -0.168. The van der Waals surface area contributed by atoms with Crippen LogP contribution in [0.15, 0.2) is 18.2 Å². The Morgan fingerprint density at radius 2 is 2.11 bits per heavy atom. The molecule has 1 aromatic rings. The lowest BCUT2D eigenvalue weighted by Gasteiger charge is -2.21.